The van der Waals surface area contributed by atoms with E-state index >= 15 is 0 Å². The monoisotopic (exact) mass is 361 g/mol. The summed E-state index contributed by atoms with van der Waals surface area (Å²) < 4.78 is 16.5. The molecule has 0 atom stereocenters. The molecule has 0 fully saturated rings. The molecule has 0 bridgehead atoms. The standard InChI is InChI=1S/C19H20ClNO4/c1-21(12-13-5-3-6-15(9-13)23-2)19(22)14-10-16(20)18-17(11-14)24-7-4-8-25-18/h3,5-6,9-11H,4,7-8,12H2,1-2H3. The Balaban J connectivity index is 1.80. The van der Waals surface area contributed by atoms with Crippen LogP contribution in [0.15, 0.2) is 36.4 Å². The van der Waals surface area contributed by atoms with Crippen molar-refractivity contribution in [3.63, 3.8) is 0 Å². The summed E-state index contributed by atoms with van der Waals surface area (Å²) in [5.41, 5.74) is 1.45. The van der Waals surface area contributed by atoms with Gasteiger partial charge in [0.15, 0.2) is 11.5 Å². The van der Waals surface area contributed by atoms with E-state index < -0.39 is 0 Å². The summed E-state index contributed by atoms with van der Waals surface area (Å²) in [6.07, 6.45) is 0.782. The maximum absolute atomic E-state index is 12.8. The molecule has 0 N–H and O–H groups in total. The summed E-state index contributed by atoms with van der Waals surface area (Å²) in [6.45, 7) is 1.55. The van der Waals surface area contributed by atoms with Crippen molar-refractivity contribution in [1.82, 2.24) is 4.90 Å². The Morgan fingerprint density at radius 3 is 2.84 bits per heavy atom. The zero-order valence-electron chi connectivity index (χ0n) is 14.3. The summed E-state index contributed by atoms with van der Waals surface area (Å²) >= 11 is 6.28. The van der Waals surface area contributed by atoms with Crippen molar-refractivity contribution in [2.45, 2.75) is 13.0 Å². The van der Waals surface area contributed by atoms with E-state index in [1.807, 2.05) is 24.3 Å². The molecule has 2 aromatic carbocycles. The predicted octanol–water partition coefficient (Wildman–Crippen LogP) is 3.78. The molecule has 0 saturated heterocycles. The van der Waals surface area contributed by atoms with Crippen LogP contribution in [0.1, 0.15) is 22.3 Å². The quantitative estimate of drug-likeness (QED) is 0.831. The Hall–Kier alpha value is -2.40. The third-order valence-corrected chi connectivity index (χ3v) is 4.23. The van der Waals surface area contributed by atoms with Gasteiger partial charge in [-0.15, -0.1) is 0 Å². The van der Waals surface area contributed by atoms with Gasteiger partial charge in [0, 0.05) is 25.6 Å². The molecule has 1 aliphatic heterocycles. The van der Waals surface area contributed by atoms with E-state index in [9.17, 15) is 4.79 Å². The largest absolute Gasteiger partial charge is 0.497 e. The van der Waals surface area contributed by atoms with E-state index in [2.05, 4.69) is 0 Å². The first kappa shape index (κ1) is 17.4. The fourth-order valence-electron chi connectivity index (χ4n) is 2.69. The highest BCUT2D eigenvalue weighted by Crippen LogP contribution is 2.38. The summed E-state index contributed by atoms with van der Waals surface area (Å²) in [4.78, 5) is 14.4. The third kappa shape index (κ3) is 3.99. The molecule has 0 unspecified atom stereocenters. The van der Waals surface area contributed by atoms with Crippen LogP contribution >= 0.6 is 11.6 Å². The number of carbonyl (C=O) groups is 1. The molecule has 132 valence electrons. The Bertz CT molecular complexity index is 778. The fourth-order valence-corrected chi connectivity index (χ4v) is 2.96. The highest BCUT2D eigenvalue weighted by Gasteiger charge is 2.20. The second-order valence-corrected chi connectivity index (χ2v) is 6.26. The zero-order chi connectivity index (χ0) is 17.8. The lowest BCUT2D eigenvalue weighted by atomic mass is 10.1. The number of rotatable bonds is 4. The molecule has 3 rings (SSSR count). The zero-order valence-corrected chi connectivity index (χ0v) is 15.0. The highest BCUT2D eigenvalue weighted by atomic mass is 35.5. The van der Waals surface area contributed by atoms with Gasteiger partial charge in [0.05, 0.1) is 25.3 Å². The van der Waals surface area contributed by atoms with Crippen LogP contribution in [0.3, 0.4) is 0 Å². The van der Waals surface area contributed by atoms with Crippen LogP contribution in [0.25, 0.3) is 0 Å². The minimum Gasteiger partial charge on any atom is -0.497 e. The minimum absolute atomic E-state index is 0.139. The third-order valence-electron chi connectivity index (χ3n) is 3.95. The first-order valence-corrected chi connectivity index (χ1v) is 8.44. The molecule has 0 saturated carbocycles. The lowest BCUT2D eigenvalue weighted by Crippen LogP contribution is -2.26. The van der Waals surface area contributed by atoms with Gasteiger partial charge in [-0.25, -0.2) is 0 Å². The summed E-state index contributed by atoms with van der Waals surface area (Å²) in [5.74, 6) is 1.65. The van der Waals surface area contributed by atoms with Gasteiger partial charge in [-0.3, -0.25) is 4.79 Å². The number of benzene rings is 2. The molecule has 0 aliphatic carbocycles. The minimum atomic E-state index is -0.139. The number of hydrogen-bond acceptors (Lipinski definition) is 4. The van der Waals surface area contributed by atoms with E-state index in [4.69, 9.17) is 25.8 Å². The number of amides is 1. The molecule has 0 spiro atoms. The normalized spacial score (nSPS) is 13.1. The average molecular weight is 362 g/mol. The van der Waals surface area contributed by atoms with Gasteiger partial charge in [-0.2, -0.15) is 0 Å². The van der Waals surface area contributed by atoms with Gasteiger partial charge in [-0.05, 0) is 29.8 Å². The second kappa shape index (κ2) is 7.66. The molecule has 2 aromatic rings. The maximum Gasteiger partial charge on any atom is 0.254 e. The van der Waals surface area contributed by atoms with Crippen LogP contribution in [0.4, 0.5) is 0 Å². The molecule has 1 amide bonds. The molecule has 1 heterocycles. The Morgan fingerprint density at radius 2 is 2.04 bits per heavy atom. The van der Waals surface area contributed by atoms with Crippen molar-refractivity contribution in [3.05, 3.63) is 52.5 Å². The molecule has 1 aliphatic rings. The van der Waals surface area contributed by atoms with E-state index in [0.717, 1.165) is 17.7 Å². The Kier molecular flexibility index (Phi) is 5.34. The van der Waals surface area contributed by atoms with Gasteiger partial charge in [0.2, 0.25) is 0 Å². The molecule has 0 radical (unpaired) electrons. The fraction of sp³-hybridized carbons (Fsp3) is 0.316. The van der Waals surface area contributed by atoms with Gasteiger partial charge >= 0.3 is 0 Å². The van der Waals surface area contributed by atoms with Crippen LogP contribution in [0, 0.1) is 0 Å². The van der Waals surface area contributed by atoms with Gasteiger partial charge in [0.25, 0.3) is 5.91 Å². The van der Waals surface area contributed by atoms with E-state index in [-0.39, 0.29) is 5.91 Å². The van der Waals surface area contributed by atoms with Crippen LogP contribution < -0.4 is 14.2 Å². The topological polar surface area (TPSA) is 48.0 Å². The van der Waals surface area contributed by atoms with Crippen molar-refractivity contribution >= 4 is 17.5 Å². The molecule has 25 heavy (non-hydrogen) atoms. The number of halogens is 1. The van der Waals surface area contributed by atoms with Crippen LogP contribution in [0.5, 0.6) is 17.2 Å². The number of fused-ring (bicyclic) bond motifs is 1. The van der Waals surface area contributed by atoms with Crippen molar-refractivity contribution in [2.75, 3.05) is 27.4 Å². The van der Waals surface area contributed by atoms with E-state index in [1.54, 1.807) is 31.2 Å². The van der Waals surface area contributed by atoms with Crippen molar-refractivity contribution < 1.29 is 19.0 Å². The van der Waals surface area contributed by atoms with Gasteiger partial charge < -0.3 is 19.1 Å². The lowest BCUT2D eigenvalue weighted by Gasteiger charge is -2.19. The van der Waals surface area contributed by atoms with Crippen molar-refractivity contribution in [1.29, 1.82) is 0 Å². The number of carbonyl (C=O) groups excluding carboxylic acids is 1. The smallest absolute Gasteiger partial charge is 0.254 e. The molecular formula is C19H20ClNO4. The SMILES string of the molecule is COc1cccc(CN(C)C(=O)c2cc(Cl)c3c(c2)OCCCO3)c1. The first-order chi connectivity index (χ1) is 12.1. The van der Waals surface area contributed by atoms with E-state index in [0.29, 0.717) is 41.8 Å². The predicted molar refractivity (Wildman–Crippen MR) is 95.9 cm³/mol. The maximum atomic E-state index is 12.8. The Morgan fingerprint density at radius 1 is 1.24 bits per heavy atom. The lowest BCUT2D eigenvalue weighted by molar-refractivity contribution is 0.0784. The highest BCUT2D eigenvalue weighted by molar-refractivity contribution is 6.32. The Labute approximate surface area is 152 Å². The van der Waals surface area contributed by atoms with Crippen LogP contribution in [-0.2, 0) is 6.54 Å². The number of hydrogen-bond donors (Lipinski definition) is 0. The van der Waals surface area contributed by atoms with Gasteiger partial charge in [0.1, 0.15) is 5.75 Å². The molecule has 6 heteroatoms. The summed E-state index contributed by atoms with van der Waals surface area (Å²) in [7, 11) is 3.37. The summed E-state index contributed by atoms with van der Waals surface area (Å²) in [5, 5.41) is 0.387. The van der Waals surface area contributed by atoms with Gasteiger partial charge in [-0.1, -0.05) is 23.7 Å². The first-order valence-electron chi connectivity index (χ1n) is 8.06. The average Bonchev–Trinajstić information content (AvgIpc) is 2.87. The van der Waals surface area contributed by atoms with Crippen LogP contribution in [-0.4, -0.2) is 38.2 Å². The number of ether oxygens (including phenoxy) is 3. The molecule has 5 nitrogen and oxygen atoms in total. The number of methoxy groups -OCH3 is 1. The molecule has 0 aromatic heterocycles. The van der Waals surface area contributed by atoms with Crippen molar-refractivity contribution in [3.8, 4) is 17.2 Å². The summed E-state index contributed by atoms with van der Waals surface area (Å²) in [6, 6.07) is 10.9. The second-order valence-electron chi connectivity index (χ2n) is 5.85. The van der Waals surface area contributed by atoms with Crippen LogP contribution in [0.2, 0.25) is 5.02 Å². The number of nitrogens with zero attached hydrogens (tertiary/aromatic N) is 1. The molecular weight excluding hydrogens is 342 g/mol. The van der Waals surface area contributed by atoms with E-state index in [1.165, 1.54) is 0 Å². The van der Waals surface area contributed by atoms with Crippen molar-refractivity contribution in [2.24, 2.45) is 0 Å².